The lowest BCUT2D eigenvalue weighted by molar-refractivity contribution is 0.1000. The van der Waals surface area contributed by atoms with E-state index in [9.17, 15) is 4.79 Å². The average molecular weight is 285 g/mol. The van der Waals surface area contributed by atoms with Gasteiger partial charge in [0, 0.05) is 32.4 Å². The van der Waals surface area contributed by atoms with Crippen LogP contribution in [0.1, 0.15) is 40.6 Å². The Morgan fingerprint density at radius 3 is 2.81 bits per heavy atom. The Bertz CT molecular complexity index is 657. The van der Waals surface area contributed by atoms with Crippen LogP contribution in [0.5, 0.6) is 0 Å². The molecule has 1 amide bonds. The van der Waals surface area contributed by atoms with Crippen molar-refractivity contribution in [3.8, 4) is 0 Å². The van der Waals surface area contributed by atoms with Gasteiger partial charge in [-0.1, -0.05) is 0 Å². The van der Waals surface area contributed by atoms with Crippen molar-refractivity contribution in [2.75, 3.05) is 11.9 Å². The lowest BCUT2D eigenvalue weighted by Crippen LogP contribution is -2.18. The summed E-state index contributed by atoms with van der Waals surface area (Å²) in [5, 5.41) is 0. The minimum atomic E-state index is -0.462. The molecule has 0 radical (unpaired) electrons. The number of hydrogen-bond acceptors (Lipinski definition) is 4. The summed E-state index contributed by atoms with van der Waals surface area (Å²) in [6.07, 6.45) is 6.07. The number of imidazole rings is 1. The second-order valence-electron chi connectivity index (χ2n) is 5.60. The summed E-state index contributed by atoms with van der Waals surface area (Å²) in [5.74, 6) is 2.14. The Morgan fingerprint density at radius 2 is 2.24 bits per heavy atom. The number of carbonyl (C=O) groups is 1. The number of carbonyl (C=O) groups excluding carboxylic acids is 1. The summed E-state index contributed by atoms with van der Waals surface area (Å²) in [6, 6.07) is 3.49. The molecule has 0 bridgehead atoms. The van der Waals surface area contributed by atoms with Crippen LogP contribution in [0.15, 0.2) is 24.5 Å². The molecule has 2 heterocycles. The summed E-state index contributed by atoms with van der Waals surface area (Å²) in [5.41, 5.74) is 6.66. The molecule has 6 nitrogen and oxygen atoms in total. The Kier molecular flexibility index (Phi) is 3.37. The highest BCUT2D eigenvalue weighted by Gasteiger charge is 2.28. The third-order valence-corrected chi connectivity index (χ3v) is 3.73. The smallest absolute Gasteiger partial charge is 0.250 e. The fourth-order valence-electron chi connectivity index (χ4n) is 2.42. The molecule has 0 spiro atoms. The van der Waals surface area contributed by atoms with Crippen molar-refractivity contribution < 1.29 is 4.79 Å². The lowest BCUT2D eigenvalue weighted by Gasteiger charge is -2.16. The predicted octanol–water partition coefficient (Wildman–Crippen LogP) is 1.43. The second kappa shape index (κ2) is 5.20. The van der Waals surface area contributed by atoms with Crippen LogP contribution in [0.4, 0.5) is 5.82 Å². The summed E-state index contributed by atoms with van der Waals surface area (Å²) in [6.45, 7) is 0.684. The van der Waals surface area contributed by atoms with Gasteiger partial charge in [-0.25, -0.2) is 9.97 Å². The van der Waals surface area contributed by atoms with Gasteiger partial charge in [0.15, 0.2) is 0 Å². The Labute approximate surface area is 123 Å². The number of amides is 1. The highest BCUT2D eigenvalue weighted by molar-refractivity contribution is 5.92. The molecule has 0 unspecified atom stereocenters. The highest BCUT2D eigenvalue weighted by atomic mass is 16.1. The quantitative estimate of drug-likeness (QED) is 0.901. The van der Waals surface area contributed by atoms with Gasteiger partial charge in [-0.15, -0.1) is 0 Å². The van der Waals surface area contributed by atoms with E-state index in [1.807, 2.05) is 19.0 Å². The third kappa shape index (κ3) is 2.89. The molecule has 0 atom stereocenters. The zero-order valence-corrected chi connectivity index (χ0v) is 12.3. The minimum Gasteiger partial charge on any atom is -0.366 e. The van der Waals surface area contributed by atoms with Crippen molar-refractivity contribution in [2.24, 2.45) is 12.8 Å². The first-order chi connectivity index (χ1) is 10.0. The molecule has 2 N–H and O–H groups in total. The summed E-state index contributed by atoms with van der Waals surface area (Å²) >= 11 is 0. The van der Waals surface area contributed by atoms with Crippen molar-refractivity contribution in [2.45, 2.75) is 25.3 Å². The first-order valence-electron chi connectivity index (χ1n) is 7.03. The van der Waals surface area contributed by atoms with E-state index >= 15 is 0 Å². The summed E-state index contributed by atoms with van der Waals surface area (Å²) in [7, 11) is 4.00. The molecule has 1 saturated carbocycles. The van der Waals surface area contributed by atoms with E-state index in [1.165, 1.54) is 24.9 Å². The lowest BCUT2D eigenvalue weighted by atomic mass is 10.2. The van der Waals surface area contributed by atoms with E-state index in [0.717, 1.165) is 11.5 Å². The summed E-state index contributed by atoms with van der Waals surface area (Å²) < 4.78 is 2.12. The van der Waals surface area contributed by atoms with E-state index in [0.29, 0.717) is 18.0 Å². The topological polar surface area (TPSA) is 77.0 Å². The van der Waals surface area contributed by atoms with Crippen LogP contribution in [-0.2, 0) is 13.6 Å². The Balaban J connectivity index is 1.71. The zero-order chi connectivity index (χ0) is 15.0. The monoisotopic (exact) mass is 285 g/mol. The number of nitrogens with zero attached hydrogens (tertiary/aromatic N) is 4. The molecule has 2 aromatic heterocycles. The first-order valence-corrected chi connectivity index (χ1v) is 7.03. The van der Waals surface area contributed by atoms with E-state index < -0.39 is 5.91 Å². The van der Waals surface area contributed by atoms with E-state index in [4.69, 9.17) is 10.7 Å². The van der Waals surface area contributed by atoms with Gasteiger partial charge in [-0.2, -0.15) is 0 Å². The molecule has 1 fully saturated rings. The molecule has 6 heteroatoms. The number of primary amides is 1. The van der Waals surface area contributed by atoms with Crippen LogP contribution in [0, 0.1) is 0 Å². The normalized spacial score (nSPS) is 14.2. The highest BCUT2D eigenvalue weighted by Crippen LogP contribution is 2.39. The molecule has 0 aromatic carbocycles. The SMILES string of the molecule is CN(Cc1cn(C)c(C2CC2)n1)c1ccc(C(N)=O)cn1. The number of nitrogens with two attached hydrogens (primary N) is 1. The van der Waals surface area contributed by atoms with Crippen LogP contribution in [-0.4, -0.2) is 27.5 Å². The number of rotatable bonds is 5. The summed E-state index contributed by atoms with van der Waals surface area (Å²) in [4.78, 5) is 22.0. The molecule has 1 aliphatic carbocycles. The number of anilines is 1. The van der Waals surface area contributed by atoms with Crippen LogP contribution < -0.4 is 10.6 Å². The molecular formula is C15H19N5O. The van der Waals surface area contributed by atoms with Crippen LogP contribution in [0.25, 0.3) is 0 Å². The van der Waals surface area contributed by atoms with Gasteiger partial charge in [-0.05, 0) is 25.0 Å². The third-order valence-electron chi connectivity index (χ3n) is 3.73. The number of aromatic nitrogens is 3. The van der Waals surface area contributed by atoms with Gasteiger partial charge in [0.1, 0.15) is 11.6 Å². The molecule has 2 aromatic rings. The van der Waals surface area contributed by atoms with Crippen LogP contribution in [0.3, 0.4) is 0 Å². The van der Waals surface area contributed by atoms with E-state index in [1.54, 1.807) is 12.1 Å². The molecule has 21 heavy (non-hydrogen) atoms. The molecule has 1 aliphatic rings. The molecular weight excluding hydrogens is 266 g/mol. The van der Waals surface area contributed by atoms with E-state index in [2.05, 4.69) is 15.7 Å². The maximum atomic E-state index is 11.0. The zero-order valence-electron chi connectivity index (χ0n) is 12.3. The Hall–Kier alpha value is -2.37. The number of aryl methyl sites for hydroxylation is 1. The van der Waals surface area contributed by atoms with Crippen molar-refractivity contribution in [3.63, 3.8) is 0 Å². The molecule has 0 saturated heterocycles. The van der Waals surface area contributed by atoms with E-state index in [-0.39, 0.29) is 0 Å². The van der Waals surface area contributed by atoms with Crippen molar-refractivity contribution in [3.05, 3.63) is 41.6 Å². The Morgan fingerprint density at radius 1 is 1.48 bits per heavy atom. The largest absolute Gasteiger partial charge is 0.366 e. The van der Waals surface area contributed by atoms with Gasteiger partial charge in [0.2, 0.25) is 5.91 Å². The predicted molar refractivity (Wildman–Crippen MR) is 80.0 cm³/mol. The van der Waals surface area contributed by atoms with Crippen molar-refractivity contribution in [1.29, 1.82) is 0 Å². The average Bonchev–Trinajstić information content (AvgIpc) is 3.23. The maximum Gasteiger partial charge on any atom is 0.250 e. The van der Waals surface area contributed by atoms with Crippen molar-refractivity contribution >= 4 is 11.7 Å². The van der Waals surface area contributed by atoms with Crippen LogP contribution >= 0.6 is 0 Å². The molecule has 0 aliphatic heterocycles. The van der Waals surface area contributed by atoms with Crippen LogP contribution in [0.2, 0.25) is 0 Å². The number of hydrogen-bond donors (Lipinski definition) is 1. The maximum absolute atomic E-state index is 11.0. The second-order valence-corrected chi connectivity index (χ2v) is 5.60. The van der Waals surface area contributed by atoms with Gasteiger partial charge in [-0.3, -0.25) is 4.79 Å². The number of pyridine rings is 1. The van der Waals surface area contributed by atoms with Crippen molar-refractivity contribution in [1.82, 2.24) is 14.5 Å². The molecule has 110 valence electrons. The molecule has 3 rings (SSSR count). The minimum absolute atomic E-state index is 0.418. The van der Waals surface area contributed by atoms with Gasteiger partial charge >= 0.3 is 0 Å². The van der Waals surface area contributed by atoms with Gasteiger partial charge in [0.05, 0.1) is 17.8 Å². The fraction of sp³-hybridized carbons (Fsp3) is 0.400. The first kappa shape index (κ1) is 13.6. The van der Waals surface area contributed by atoms with Gasteiger partial charge in [0.25, 0.3) is 0 Å². The van der Waals surface area contributed by atoms with Gasteiger partial charge < -0.3 is 15.2 Å². The standard InChI is InChI=1S/C15H19N5O/c1-19(13-6-5-11(7-17-13)14(16)21)8-12-9-20(2)15(18-12)10-3-4-10/h5-7,9-10H,3-4,8H2,1-2H3,(H2,16,21). The fourth-order valence-corrected chi connectivity index (χ4v) is 2.42.